The second kappa shape index (κ2) is 9.02. The first-order chi connectivity index (χ1) is 15.3. The Kier molecular flexibility index (Phi) is 6.16. The number of benzene rings is 1. The van der Waals surface area contributed by atoms with E-state index >= 15 is 0 Å². The topological polar surface area (TPSA) is 49.6 Å². The Morgan fingerprint density at radius 1 is 1.00 bits per heavy atom. The SMILES string of the molecule is O=C(CCc1ccc(-c2ccccc2F)o1)N1CCN(c2ccc(C(F)(F)F)cn2)CC1. The number of nitrogens with zero attached hydrogens (tertiary/aromatic N) is 3. The molecule has 0 aliphatic carbocycles. The Balaban J connectivity index is 1.28. The molecular weight excluding hydrogens is 426 g/mol. The quantitative estimate of drug-likeness (QED) is 0.529. The van der Waals surface area contributed by atoms with Gasteiger partial charge in [0.1, 0.15) is 23.2 Å². The van der Waals surface area contributed by atoms with E-state index in [4.69, 9.17) is 4.42 Å². The minimum atomic E-state index is -4.42. The molecule has 0 spiro atoms. The van der Waals surface area contributed by atoms with Crippen LogP contribution >= 0.6 is 0 Å². The third-order valence-corrected chi connectivity index (χ3v) is 5.42. The Morgan fingerprint density at radius 3 is 2.41 bits per heavy atom. The molecule has 0 bridgehead atoms. The van der Waals surface area contributed by atoms with Gasteiger partial charge in [0.15, 0.2) is 0 Å². The van der Waals surface area contributed by atoms with Crippen molar-refractivity contribution in [1.82, 2.24) is 9.88 Å². The molecule has 1 amide bonds. The highest BCUT2D eigenvalue weighted by Crippen LogP contribution is 2.29. The van der Waals surface area contributed by atoms with Crippen molar-refractivity contribution >= 4 is 11.7 Å². The molecule has 0 unspecified atom stereocenters. The van der Waals surface area contributed by atoms with Gasteiger partial charge in [0.2, 0.25) is 5.91 Å². The highest BCUT2D eigenvalue weighted by molar-refractivity contribution is 5.76. The van der Waals surface area contributed by atoms with Crippen LogP contribution in [0, 0.1) is 5.82 Å². The predicted molar refractivity (Wildman–Crippen MR) is 110 cm³/mol. The maximum atomic E-state index is 13.9. The van der Waals surface area contributed by atoms with Crippen molar-refractivity contribution in [3.8, 4) is 11.3 Å². The molecule has 168 valence electrons. The van der Waals surface area contributed by atoms with Gasteiger partial charge in [-0.2, -0.15) is 13.2 Å². The number of alkyl halides is 3. The molecule has 0 saturated carbocycles. The van der Waals surface area contributed by atoms with Crippen LogP contribution in [0.2, 0.25) is 0 Å². The van der Waals surface area contributed by atoms with Gasteiger partial charge in [-0.1, -0.05) is 12.1 Å². The van der Waals surface area contributed by atoms with E-state index in [0.29, 0.717) is 55.5 Å². The van der Waals surface area contributed by atoms with Crippen LogP contribution in [0.3, 0.4) is 0 Å². The van der Waals surface area contributed by atoms with Gasteiger partial charge >= 0.3 is 6.18 Å². The minimum absolute atomic E-state index is 0.0335. The van der Waals surface area contributed by atoms with Crippen molar-refractivity contribution in [1.29, 1.82) is 0 Å². The van der Waals surface area contributed by atoms with E-state index in [2.05, 4.69) is 4.98 Å². The maximum Gasteiger partial charge on any atom is 0.417 e. The van der Waals surface area contributed by atoms with Crippen LogP contribution in [0.25, 0.3) is 11.3 Å². The van der Waals surface area contributed by atoms with E-state index in [-0.39, 0.29) is 18.1 Å². The first-order valence-corrected chi connectivity index (χ1v) is 10.2. The Bertz CT molecular complexity index is 1070. The zero-order chi connectivity index (χ0) is 22.7. The molecule has 32 heavy (non-hydrogen) atoms. The summed E-state index contributed by atoms with van der Waals surface area (Å²) < 4.78 is 57.6. The number of halogens is 4. The summed E-state index contributed by atoms with van der Waals surface area (Å²) in [6.45, 7) is 1.89. The number of hydrogen-bond acceptors (Lipinski definition) is 4. The fourth-order valence-electron chi connectivity index (χ4n) is 3.63. The first-order valence-electron chi connectivity index (χ1n) is 10.2. The molecule has 1 aliphatic rings. The van der Waals surface area contributed by atoms with Crippen molar-refractivity contribution < 1.29 is 26.8 Å². The number of aromatic nitrogens is 1. The summed E-state index contributed by atoms with van der Waals surface area (Å²) in [5, 5.41) is 0. The third kappa shape index (κ3) is 4.92. The number of rotatable bonds is 5. The van der Waals surface area contributed by atoms with Crippen molar-refractivity contribution in [2.45, 2.75) is 19.0 Å². The van der Waals surface area contributed by atoms with E-state index in [1.165, 1.54) is 12.1 Å². The van der Waals surface area contributed by atoms with Crippen LogP contribution in [0.5, 0.6) is 0 Å². The standard InChI is InChI=1S/C23H21F4N3O2/c24-19-4-2-1-3-18(19)20-8-6-17(32-20)7-10-22(31)30-13-11-29(12-14-30)21-9-5-16(15-28-21)23(25,26)27/h1-6,8-9,15H,7,10-14H2. The zero-order valence-electron chi connectivity index (χ0n) is 17.1. The van der Waals surface area contributed by atoms with E-state index in [1.54, 1.807) is 35.2 Å². The fourth-order valence-corrected chi connectivity index (χ4v) is 3.63. The molecule has 5 nitrogen and oxygen atoms in total. The van der Waals surface area contributed by atoms with Gasteiger partial charge in [0.25, 0.3) is 0 Å². The number of carbonyl (C=O) groups excluding carboxylic acids is 1. The smallest absolute Gasteiger partial charge is 0.417 e. The molecule has 0 radical (unpaired) electrons. The van der Waals surface area contributed by atoms with Gasteiger partial charge < -0.3 is 14.2 Å². The van der Waals surface area contributed by atoms with Crippen LogP contribution in [0.4, 0.5) is 23.4 Å². The third-order valence-electron chi connectivity index (χ3n) is 5.42. The van der Waals surface area contributed by atoms with Crippen LogP contribution < -0.4 is 4.90 Å². The molecule has 1 aliphatic heterocycles. The fraction of sp³-hybridized carbons (Fsp3) is 0.304. The molecule has 1 aromatic carbocycles. The number of aryl methyl sites for hydroxylation is 1. The van der Waals surface area contributed by atoms with Gasteiger partial charge in [-0.25, -0.2) is 9.37 Å². The average Bonchev–Trinajstić information content (AvgIpc) is 3.26. The molecule has 3 heterocycles. The van der Waals surface area contributed by atoms with Crippen LogP contribution in [-0.2, 0) is 17.4 Å². The number of carbonyl (C=O) groups is 1. The van der Waals surface area contributed by atoms with E-state index < -0.39 is 11.7 Å². The molecule has 3 aromatic rings. The largest absolute Gasteiger partial charge is 0.461 e. The lowest BCUT2D eigenvalue weighted by Gasteiger charge is -2.35. The Hall–Kier alpha value is -3.36. The number of piperazine rings is 1. The van der Waals surface area contributed by atoms with E-state index in [9.17, 15) is 22.4 Å². The first kappa shape index (κ1) is 21.9. The molecule has 1 fully saturated rings. The predicted octanol–water partition coefficient (Wildman–Crippen LogP) is 4.78. The number of amides is 1. The van der Waals surface area contributed by atoms with Crippen LogP contribution in [0.15, 0.2) is 59.1 Å². The average molecular weight is 447 g/mol. The molecule has 1 saturated heterocycles. The van der Waals surface area contributed by atoms with Gasteiger partial charge in [-0.15, -0.1) is 0 Å². The normalized spacial score (nSPS) is 14.6. The van der Waals surface area contributed by atoms with Gasteiger partial charge in [-0.3, -0.25) is 4.79 Å². The Labute approximate surface area is 182 Å². The minimum Gasteiger partial charge on any atom is -0.461 e. The van der Waals surface area contributed by atoms with Crippen molar-refractivity contribution in [2.75, 3.05) is 31.1 Å². The highest BCUT2D eigenvalue weighted by Gasteiger charge is 2.31. The summed E-state index contributed by atoms with van der Waals surface area (Å²) in [7, 11) is 0. The van der Waals surface area contributed by atoms with Crippen molar-refractivity contribution in [3.63, 3.8) is 0 Å². The molecular formula is C23H21F4N3O2. The van der Waals surface area contributed by atoms with E-state index in [1.807, 2.05) is 4.90 Å². The molecule has 0 atom stereocenters. The number of pyridine rings is 1. The summed E-state index contributed by atoms with van der Waals surface area (Å²) in [5.74, 6) is 1.08. The molecule has 2 aromatic heterocycles. The second-order valence-corrected chi connectivity index (χ2v) is 7.52. The lowest BCUT2D eigenvalue weighted by atomic mass is 10.1. The van der Waals surface area contributed by atoms with Crippen LogP contribution in [-0.4, -0.2) is 42.0 Å². The van der Waals surface area contributed by atoms with Crippen molar-refractivity contribution in [3.05, 3.63) is 71.9 Å². The second-order valence-electron chi connectivity index (χ2n) is 7.52. The number of furan rings is 1. The summed E-state index contributed by atoms with van der Waals surface area (Å²) >= 11 is 0. The highest BCUT2D eigenvalue weighted by atomic mass is 19.4. The van der Waals surface area contributed by atoms with Gasteiger partial charge in [-0.05, 0) is 36.4 Å². The van der Waals surface area contributed by atoms with Crippen molar-refractivity contribution in [2.24, 2.45) is 0 Å². The number of anilines is 1. The van der Waals surface area contributed by atoms with Gasteiger partial charge in [0.05, 0.1) is 11.1 Å². The molecule has 9 heteroatoms. The zero-order valence-corrected chi connectivity index (χ0v) is 17.1. The monoisotopic (exact) mass is 447 g/mol. The Morgan fingerprint density at radius 2 is 1.75 bits per heavy atom. The summed E-state index contributed by atoms with van der Waals surface area (Å²) in [6.07, 6.45) is -2.94. The van der Waals surface area contributed by atoms with Gasteiger partial charge in [0, 0.05) is 45.2 Å². The summed E-state index contributed by atoms with van der Waals surface area (Å²) in [5.41, 5.74) is -0.413. The summed E-state index contributed by atoms with van der Waals surface area (Å²) in [6, 6.07) is 12.1. The molecule has 0 N–H and O–H groups in total. The summed E-state index contributed by atoms with van der Waals surface area (Å²) in [4.78, 5) is 20.1. The maximum absolute atomic E-state index is 13.9. The van der Waals surface area contributed by atoms with Crippen LogP contribution in [0.1, 0.15) is 17.7 Å². The van der Waals surface area contributed by atoms with E-state index in [0.717, 1.165) is 12.3 Å². The lowest BCUT2D eigenvalue weighted by Crippen LogP contribution is -2.49. The molecule has 4 rings (SSSR count). The number of hydrogen-bond donors (Lipinski definition) is 0. The lowest BCUT2D eigenvalue weighted by molar-refractivity contribution is -0.137.